The fourth-order valence-electron chi connectivity index (χ4n) is 4.40. The number of hydrogen-bond donors (Lipinski definition) is 0. The van der Waals surface area contributed by atoms with Gasteiger partial charge in [0.25, 0.3) is 0 Å². The number of carbonyl (C=O) groups is 1. The van der Waals surface area contributed by atoms with Gasteiger partial charge in [-0.1, -0.05) is 6.92 Å². The van der Waals surface area contributed by atoms with E-state index >= 15 is 0 Å². The number of carbonyl (C=O) groups excluding carboxylic acids is 1. The summed E-state index contributed by atoms with van der Waals surface area (Å²) in [5, 5.41) is 11.6. The van der Waals surface area contributed by atoms with Crippen molar-refractivity contribution in [2.45, 2.75) is 65.4 Å². The lowest BCUT2D eigenvalue weighted by atomic mass is 9.87. The molecule has 2 heterocycles. The van der Waals surface area contributed by atoms with Gasteiger partial charge in [-0.15, -0.1) is 0 Å². The molecular formula is C20H29N3O4. The number of ether oxygens (including phenoxy) is 1. The Morgan fingerprint density at radius 1 is 1.37 bits per heavy atom. The Morgan fingerprint density at radius 3 is 2.78 bits per heavy atom. The molecule has 0 N–H and O–H groups in total. The van der Waals surface area contributed by atoms with Crippen LogP contribution in [-0.2, 0) is 22.4 Å². The van der Waals surface area contributed by atoms with Crippen molar-refractivity contribution in [3.05, 3.63) is 27.6 Å². The Morgan fingerprint density at radius 2 is 2.11 bits per heavy atom. The number of rotatable bonds is 4. The SMILES string of the molecule is C[C@@H]1C[C@H](CC(=O)OC(C)(C)C)CN(c2c([N+](=O)[O-])cnc3c2CCC3)C1. The van der Waals surface area contributed by atoms with E-state index in [0.717, 1.165) is 49.2 Å². The minimum atomic E-state index is -0.498. The highest BCUT2D eigenvalue weighted by Gasteiger charge is 2.34. The van der Waals surface area contributed by atoms with Crippen molar-refractivity contribution in [1.29, 1.82) is 0 Å². The summed E-state index contributed by atoms with van der Waals surface area (Å²) in [7, 11) is 0. The largest absolute Gasteiger partial charge is 0.460 e. The molecule has 0 bridgehead atoms. The first-order valence-corrected chi connectivity index (χ1v) is 9.76. The average Bonchev–Trinajstić information content (AvgIpc) is 2.99. The van der Waals surface area contributed by atoms with Crippen LogP contribution >= 0.6 is 0 Å². The molecule has 7 nitrogen and oxygen atoms in total. The number of aromatic nitrogens is 1. The zero-order valence-electron chi connectivity index (χ0n) is 16.7. The Balaban J connectivity index is 1.84. The van der Waals surface area contributed by atoms with Crippen molar-refractivity contribution >= 4 is 17.3 Å². The first-order valence-electron chi connectivity index (χ1n) is 9.76. The maximum absolute atomic E-state index is 12.3. The monoisotopic (exact) mass is 375 g/mol. The molecule has 1 aliphatic carbocycles. The molecule has 1 saturated heterocycles. The number of esters is 1. The van der Waals surface area contributed by atoms with Gasteiger partial charge in [-0.25, -0.2) is 0 Å². The maximum Gasteiger partial charge on any atom is 0.310 e. The van der Waals surface area contributed by atoms with E-state index in [2.05, 4.69) is 16.8 Å². The van der Waals surface area contributed by atoms with Crippen LogP contribution in [0.2, 0.25) is 0 Å². The summed E-state index contributed by atoms with van der Waals surface area (Å²) in [6, 6.07) is 0. The van der Waals surface area contributed by atoms with Crippen LogP contribution in [0.15, 0.2) is 6.20 Å². The highest BCUT2D eigenvalue weighted by atomic mass is 16.6. The first-order chi connectivity index (χ1) is 12.6. The van der Waals surface area contributed by atoms with Gasteiger partial charge >= 0.3 is 11.7 Å². The lowest BCUT2D eigenvalue weighted by molar-refractivity contribution is -0.384. The van der Waals surface area contributed by atoms with Gasteiger partial charge in [0.15, 0.2) is 0 Å². The lowest BCUT2D eigenvalue weighted by Gasteiger charge is -2.38. The summed E-state index contributed by atoms with van der Waals surface area (Å²) in [5.41, 5.74) is 2.32. The van der Waals surface area contributed by atoms with Crippen LogP contribution in [0.25, 0.3) is 0 Å². The summed E-state index contributed by atoms with van der Waals surface area (Å²) in [6.45, 7) is 9.14. The molecule has 7 heteroatoms. The van der Waals surface area contributed by atoms with Gasteiger partial charge in [0.1, 0.15) is 17.5 Å². The van der Waals surface area contributed by atoms with Crippen LogP contribution < -0.4 is 4.90 Å². The Kier molecular flexibility index (Phi) is 5.40. The predicted molar refractivity (Wildman–Crippen MR) is 103 cm³/mol. The fourth-order valence-corrected chi connectivity index (χ4v) is 4.40. The van der Waals surface area contributed by atoms with Crippen molar-refractivity contribution in [3.63, 3.8) is 0 Å². The first kappa shape index (κ1) is 19.6. The van der Waals surface area contributed by atoms with Gasteiger partial charge in [0.05, 0.1) is 11.3 Å². The number of nitrogens with zero attached hydrogens (tertiary/aromatic N) is 3. The standard InChI is InChI=1S/C20H29N3O4/c1-13-8-14(9-18(24)27-20(2,3)4)12-22(11-13)19-15-6-5-7-16(15)21-10-17(19)23(25)26/h10,13-14H,5-9,11-12H2,1-4H3/t13-,14-/m1/s1. The minimum absolute atomic E-state index is 0.0840. The van der Waals surface area contributed by atoms with E-state index in [0.29, 0.717) is 18.9 Å². The minimum Gasteiger partial charge on any atom is -0.460 e. The molecule has 0 radical (unpaired) electrons. The van der Waals surface area contributed by atoms with Crippen LogP contribution in [0.1, 0.15) is 58.2 Å². The molecule has 0 amide bonds. The summed E-state index contributed by atoms with van der Waals surface area (Å²) < 4.78 is 5.48. The molecule has 1 aromatic rings. The molecule has 2 aliphatic rings. The molecule has 3 rings (SSSR count). The predicted octanol–water partition coefficient (Wildman–Crippen LogP) is 3.67. The smallest absolute Gasteiger partial charge is 0.310 e. The number of nitro groups is 1. The van der Waals surface area contributed by atoms with E-state index in [9.17, 15) is 14.9 Å². The highest BCUT2D eigenvalue weighted by Crippen LogP contribution is 2.40. The third-order valence-electron chi connectivity index (χ3n) is 5.19. The van der Waals surface area contributed by atoms with E-state index in [-0.39, 0.29) is 22.5 Å². The third-order valence-corrected chi connectivity index (χ3v) is 5.19. The fraction of sp³-hybridized carbons (Fsp3) is 0.700. The summed E-state index contributed by atoms with van der Waals surface area (Å²) in [5.74, 6) is 0.292. The Bertz CT molecular complexity index is 741. The highest BCUT2D eigenvalue weighted by molar-refractivity contribution is 5.71. The van der Waals surface area contributed by atoms with Crippen molar-refractivity contribution in [2.24, 2.45) is 11.8 Å². The van der Waals surface area contributed by atoms with Crippen LogP contribution in [0.3, 0.4) is 0 Å². The number of piperidine rings is 1. The van der Waals surface area contributed by atoms with Crippen molar-refractivity contribution in [3.8, 4) is 0 Å². The van der Waals surface area contributed by atoms with Gasteiger partial charge in [-0.05, 0) is 58.3 Å². The van der Waals surface area contributed by atoms with Crippen molar-refractivity contribution < 1.29 is 14.5 Å². The zero-order chi connectivity index (χ0) is 19.8. The third kappa shape index (κ3) is 4.57. The van der Waals surface area contributed by atoms with Crippen LogP contribution in [-0.4, -0.2) is 34.6 Å². The molecule has 2 atom stereocenters. The Hall–Kier alpha value is -2.18. The van der Waals surface area contributed by atoms with Gasteiger partial charge in [0, 0.05) is 24.3 Å². The number of anilines is 1. The lowest BCUT2D eigenvalue weighted by Crippen LogP contribution is -2.41. The molecule has 0 saturated carbocycles. The molecule has 0 aromatic carbocycles. The second kappa shape index (κ2) is 7.44. The van der Waals surface area contributed by atoms with Crippen LogP contribution in [0.4, 0.5) is 11.4 Å². The molecule has 0 spiro atoms. The number of aryl methyl sites for hydroxylation is 1. The number of pyridine rings is 1. The molecule has 1 fully saturated rings. The van der Waals surface area contributed by atoms with E-state index in [4.69, 9.17) is 4.74 Å². The van der Waals surface area contributed by atoms with Crippen molar-refractivity contribution in [1.82, 2.24) is 4.98 Å². The maximum atomic E-state index is 12.3. The van der Waals surface area contributed by atoms with Gasteiger partial charge in [-0.2, -0.15) is 0 Å². The Labute approximate surface area is 160 Å². The normalized spacial score (nSPS) is 22.4. The zero-order valence-corrected chi connectivity index (χ0v) is 16.7. The summed E-state index contributed by atoms with van der Waals surface area (Å²) in [4.78, 5) is 30.0. The van der Waals surface area contributed by atoms with E-state index in [1.807, 2.05) is 20.8 Å². The number of fused-ring (bicyclic) bond motifs is 1. The van der Waals surface area contributed by atoms with Gasteiger partial charge in [0.2, 0.25) is 0 Å². The van der Waals surface area contributed by atoms with Crippen LogP contribution in [0.5, 0.6) is 0 Å². The summed E-state index contributed by atoms with van der Waals surface area (Å²) >= 11 is 0. The molecule has 1 aliphatic heterocycles. The van der Waals surface area contributed by atoms with E-state index in [1.165, 1.54) is 6.20 Å². The van der Waals surface area contributed by atoms with Gasteiger partial charge < -0.3 is 9.64 Å². The van der Waals surface area contributed by atoms with Gasteiger partial charge in [-0.3, -0.25) is 19.9 Å². The second-order valence-corrected chi connectivity index (χ2v) is 8.93. The number of hydrogen-bond acceptors (Lipinski definition) is 6. The van der Waals surface area contributed by atoms with E-state index < -0.39 is 5.60 Å². The second-order valence-electron chi connectivity index (χ2n) is 8.93. The molecule has 27 heavy (non-hydrogen) atoms. The molecule has 0 unspecified atom stereocenters. The van der Waals surface area contributed by atoms with Crippen molar-refractivity contribution in [2.75, 3.05) is 18.0 Å². The van der Waals surface area contributed by atoms with Crippen LogP contribution in [0, 0.1) is 22.0 Å². The topological polar surface area (TPSA) is 85.6 Å². The quantitative estimate of drug-likeness (QED) is 0.453. The molecule has 1 aromatic heterocycles. The molecular weight excluding hydrogens is 346 g/mol. The summed E-state index contributed by atoms with van der Waals surface area (Å²) in [6.07, 6.45) is 5.38. The van der Waals surface area contributed by atoms with E-state index in [1.54, 1.807) is 0 Å². The molecule has 148 valence electrons. The average molecular weight is 375 g/mol.